The first kappa shape index (κ1) is 18.6. The van der Waals surface area contributed by atoms with Crippen LogP contribution in [0.5, 0.6) is 0 Å². The molecule has 2 amide bonds. The molecule has 1 aromatic heterocycles. The van der Waals surface area contributed by atoms with Crippen LogP contribution in [-0.2, 0) is 4.79 Å². The molecule has 1 heterocycles. The van der Waals surface area contributed by atoms with Crippen LogP contribution in [0, 0.1) is 6.92 Å². The van der Waals surface area contributed by atoms with Gasteiger partial charge in [0.1, 0.15) is 6.54 Å². The number of thiazole rings is 1. The number of aryl methyl sites for hydroxylation is 1. The fourth-order valence-electron chi connectivity index (χ4n) is 2.13. The maximum absolute atomic E-state index is 12.8. The second kappa shape index (κ2) is 8.39. The second-order valence-corrected chi connectivity index (χ2v) is 7.67. The Morgan fingerprint density at radius 2 is 2.00 bits per heavy atom. The number of carbonyl (C=O) groups excluding carboxylic acids is 2. The standard InChI is InChI=1S/C17H20BrN3O2S/c1-4-11(2)21(16(23)13-5-7-14(18)8-6-13)10-15(22)20-17-19-9-12(3)24-17/h5-9,11H,4,10H2,1-3H3,(H,19,20,22)/t11-/m0/s1. The lowest BCUT2D eigenvalue weighted by atomic mass is 10.1. The number of hydrogen-bond donors (Lipinski definition) is 1. The van der Waals surface area contributed by atoms with Crippen molar-refractivity contribution >= 4 is 44.2 Å². The van der Waals surface area contributed by atoms with Gasteiger partial charge in [-0.25, -0.2) is 4.98 Å². The van der Waals surface area contributed by atoms with Gasteiger partial charge in [0.05, 0.1) is 0 Å². The third kappa shape index (κ3) is 4.88. The molecule has 1 atom stereocenters. The summed E-state index contributed by atoms with van der Waals surface area (Å²) < 4.78 is 0.908. The summed E-state index contributed by atoms with van der Waals surface area (Å²) >= 11 is 4.77. The highest BCUT2D eigenvalue weighted by atomic mass is 79.9. The zero-order chi connectivity index (χ0) is 17.7. The van der Waals surface area contributed by atoms with Gasteiger partial charge in [0.2, 0.25) is 5.91 Å². The van der Waals surface area contributed by atoms with Crippen molar-refractivity contribution in [2.45, 2.75) is 33.2 Å². The van der Waals surface area contributed by atoms with Gasteiger partial charge in [-0.15, -0.1) is 11.3 Å². The van der Waals surface area contributed by atoms with Crippen molar-refractivity contribution in [2.24, 2.45) is 0 Å². The number of anilines is 1. The van der Waals surface area contributed by atoms with Crippen LogP contribution >= 0.6 is 27.3 Å². The molecule has 24 heavy (non-hydrogen) atoms. The van der Waals surface area contributed by atoms with Gasteiger partial charge in [-0.3, -0.25) is 9.59 Å². The van der Waals surface area contributed by atoms with E-state index >= 15 is 0 Å². The molecule has 1 aromatic carbocycles. The van der Waals surface area contributed by atoms with Crippen LogP contribution in [0.3, 0.4) is 0 Å². The first-order valence-electron chi connectivity index (χ1n) is 7.69. The number of benzene rings is 1. The molecule has 0 aliphatic carbocycles. The van der Waals surface area contributed by atoms with Crippen molar-refractivity contribution in [3.63, 3.8) is 0 Å². The molecule has 0 saturated carbocycles. The van der Waals surface area contributed by atoms with Crippen molar-refractivity contribution in [3.8, 4) is 0 Å². The molecule has 0 radical (unpaired) electrons. The van der Waals surface area contributed by atoms with Crippen LogP contribution in [0.25, 0.3) is 0 Å². The van der Waals surface area contributed by atoms with Crippen molar-refractivity contribution < 1.29 is 9.59 Å². The minimum Gasteiger partial charge on any atom is -0.327 e. The highest BCUT2D eigenvalue weighted by Crippen LogP contribution is 2.18. The minimum absolute atomic E-state index is 0.00251. The monoisotopic (exact) mass is 409 g/mol. The van der Waals surface area contributed by atoms with E-state index in [4.69, 9.17) is 0 Å². The van der Waals surface area contributed by atoms with Crippen molar-refractivity contribution in [1.29, 1.82) is 0 Å². The average molecular weight is 410 g/mol. The van der Waals surface area contributed by atoms with Gasteiger partial charge < -0.3 is 10.2 Å². The van der Waals surface area contributed by atoms with Gasteiger partial charge in [0.25, 0.3) is 5.91 Å². The molecule has 2 aromatic rings. The molecule has 0 bridgehead atoms. The van der Waals surface area contributed by atoms with E-state index in [-0.39, 0.29) is 24.4 Å². The first-order chi connectivity index (χ1) is 11.4. The Kier molecular flexibility index (Phi) is 6.51. The predicted molar refractivity (Wildman–Crippen MR) is 100 cm³/mol. The topological polar surface area (TPSA) is 62.3 Å². The Hall–Kier alpha value is -1.73. The SMILES string of the molecule is CC[C@H](C)N(CC(=O)Nc1ncc(C)s1)C(=O)c1ccc(Br)cc1. The van der Waals surface area contributed by atoms with Gasteiger partial charge in [-0.1, -0.05) is 22.9 Å². The van der Waals surface area contributed by atoms with Crippen LogP contribution < -0.4 is 5.32 Å². The lowest BCUT2D eigenvalue weighted by Gasteiger charge is -2.28. The Morgan fingerprint density at radius 1 is 1.33 bits per heavy atom. The van der Waals surface area contributed by atoms with Crippen LogP contribution in [0.4, 0.5) is 5.13 Å². The number of hydrogen-bond acceptors (Lipinski definition) is 4. The Bertz CT molecular complexity index is 715. The number of nitrogens with zero attached hydrogens (tertiary/aromatic N) is 2. The molecule has 128 valence electrons. The molecule has 0 fully saturated rings. The van der Waals surface area contributed by atoms with Gasteiger partial charge in [0.15, 0.2) is 5.13 Å². The molecule has 1 N–H and O–H groups in total. The summed E-state index contributed by atoms with van der Waals surface area (Å²) in [5, 5.41) is 3.31. The molecular weight excluding hydrogens is 390 g/mol. The molecule has 0 spiro atoms. The van der Waals surface area contributed by atoms with Crippen LogP contribution in [0.1, 0.15) is 35.5 Å². The van der Waals surface area contributed by atoms with E-state index in [2.05, 4.69) is 26.2 Å². The second-order valence-electron chi connectivity index (χ2n) is 5.52. The van der Waals surface area contributed by atoms with E-state index in [0.717, 1.165) is 15.8 Å². The minimum atomic E-state index is -0.241. The number of rotatable bonds is 6. The lowest BCUT2D eigenvalue weighted by Crippen LogP contribution is -2.43. The normalized spacial score (nSPS) is 11.8. The average Bonchev–Trinajstić information content (AvgIpc) is 2.96. The molecule has 0 unspecified atom stereocenters. The Balaban J connectivity index is 2.11. The molecular formula is C17H20BrN3O2S. The largest absolute Gasteiger partial charge is 0.327 e. The predicted octanol–water partition coefficient (Wildman–Crippen LogP) is 4.09. The molecule has 5 nitrogen and oxygen atoms in total. The highest BCUT2D eigenvalue weighted by Gasteiger charge is 2.23. The summed E-state index contributed by atoms with van der Waals surface area (Å²) in [5.41, 5.74) is 0.566. The van der Waals surface area contributed by atoms with Gasteiger partial charge in [-0.2, -0.15) is 0 Å². The van der Waals surface area contributed by atoms with E-state index < -0.39 is 0 Å². The molecule has 7 heteroatoms. The van der Waals surface area contributed by atoms with E-state index in [1.807, 2.05) is 32.9 Å². The molecule has 2 rings (SSSR count). The number of carbonyl (C=O) groups is 2. The van der Waals surface area contributed by atoms with E-state index in [9.17, 15) is 9.59 Å². The number of amides is 2. The Labute approximate surface area is 154 Å². The number of nitrogens with one attached hydrogen (secondary N) is 1. The van der Waals surface area contributed by atoms with Gasteiger partial charge >= 0.3 is 0 Å². The summed E-state index contributed by atoms with van der Waals surface area (Å²) in [6.45, 7) is 5.87. The maximum Gasteiger partial charge on any atom is 0.254 e. The summed E-state index contributed by atoms with van der Waals surface area (Å²) in [7, 11) is 0. The van der Waals surface area contributed by atoms with Crippen molar-refractivity contribution in [1.82, 2.24) is 9.88 Å². The fraction of sp³-hybridized carbons (Fsp3) is 0.353. The molecule has 0 aliphatic heterocycles. The van der Waals surface area contributed by atoms with E-state index in [1.165, 1.54) is 11.3 Å². The third-order valence-electron chi connectivity index (χ3n) is 3.66. The number of aromatic nitrogens is 1. The summed E-state index contributed by atoms with van der Waals surface area (Å²) in [6.07, 6.45) is 2.48. The number of halogens is 1. The van der Waals surface area contributed by atoms with E-state index in [0.29, 0.717) is 10.7 Å². The maximum atomic E-state index is 12.8. The fourth-order valence-corrected chi connectivity index (χ4v) is 3.08. The lowest BCUT2D eigenvalue weighted by molar-refractivity contribution is -0.117. The van der Waals surface area contributed by atoms with Gasteiger partial charge in [0, 0.05) is 27.2 Å². The van der Waals surface area contributed by atoms with Gasteiger partial charge in [-0.05, 0) is 44.5 Å². The summed E-state index contributed by atoms with van der Waals surface area (Å²) in [6, 6.07) is 7.11. The zero-order valence-electron chi connectivity index (χ0n) is 13.9. The van der Waals surface area contributed by atoms with Crippen molar-refractivity contribution in [3.05, 3.63) is 45.4 Å². The highest BCUT2D eigenvalue weighted by molar-refractivity contribution is 9.10. The summed E-state index contributed by atoms with van der Waals surface area (Å²) in [5.74, 6) is -0.391. The first-order valence-corrected chi connectivity index (χ1v) is 9.30. The quantitative estimate of drug-likeness (QED) is 0.780. The zero-order valence-corrected chi connectivity index (χ0v) is 16.3. The molecule has 0 saturated heterocycles. The molecule has 0 aliphatic rings. The smallest absolute Gasteiger partial charge is 0.254 e. The van der Waals surface area contributed by atoms with Crippen molar-refractivity contribution in [2.75, 3.05) is 11.9 Å². The Morgan fingerprint density at radius 3 is 2.54 bits per heavy atom. The van der Waals surface area contributed by atoms with Crippen LogP contribution in [0.15, 0.2) is 34.9 Å². The summed E-state index contributed by atoms with van der Waals surface area (Å²) in [4.78, 5) is 31.8. The van der Waals surface area contributed by atoms with Crippen LogP contribution in [0.2, 0.25) is 0 Å². The van der Waals surface area contributed by atoms with Crippen LogP contribution in [-0.4, -0.2) is 34.3 Å². The third-order valence-corrected chi connectivity index (χ3v) is 5.01. The van der Waals surface area contributed by atoms with E-state index in [1.54, 1.807) is 23.2 Å².